The van der Waals surface area contributed by atoms with Gasteiger partial charge in [0.1, 0.15) is 12.1 Å². The molecule has 1 rings (SSSR count). The lowest BCUT2D eigenvalue weighted by atomic mass is 10.1. The van der Waals surface area contributed by atoms with Crippen LogP contribution < -0.4 is 11.5 Å². The molecule has 1 saturated carbocycles. The van der Waals surface area contributed by atoms with Gasteiger partial charge in [-0.15, -0.1) is 0 Å². The highest BCUT2D eigenvalue weighted by Gasteiger charge is 2.21. The number of carbonyl (C=O) groups is 4. The van der Waals surface area contributed by atoms with Gasteiger partial charge in [0.15, 0.2) is 0 Å². The van der Waals surface area contributed by atoms with Crippen molar-refractivity contribution in [1.82, 2.24) is 0 Å². The quantitative estimate of drug-likeness (QED) is 0.360. The van der Waals surface area contributed by atoms with Gasteiger partial charge in [-0.3, -0.25) is 14.4 Å². The molecule has 1 amide bonds. The minimum absolute atomic E-state index is 0.0185. The summed E-state index contributed by atoms with van der Waals surface area (Å²) in [6.45, 7) is 1.20. The van der Waals surface area contributed by atoms with Crippen LogP contribution in [0.15, 0.2) is 0 Å². The molecule has 0 radical (unpaired) electrons. The lowest BCUT2D eigenvalue weighted by Gasteiger charge is -2.01. The Kier molecular flexibility index (Phi) is 13.3. The minimum Gasteiger partial charge on any atom is -0.481 e. The molecule has 0 aliphatic heterocycles. The third-order valence-corrected chi connectivity index (χ3v) is 3.08. The van der Waals surface area contributed by atoms with E-state index in [2.05, 4.69) is 0 Å². The van der Waals surface area contributed by atoms with Crippen LogP contribution in [0, 0.1) is 5.92 Å². The molecule has 24 heavy (non-hydrogen) atoms. The van der Waals surface area contributed by atoms with E-state index in [-0.39, 0.29) is 18.8 Å². The van der Waals surface area contributed by atoms with E-state index in [1.807, 2.05) is 0 Å². The summed E-state index contributed by atoms with van der Waals surface area (Å²) < 4.78 is 0. The highest BCUT2D eigenvalue weighted by Crippen LogP contribution is 2.24. The Morgan fingerprint density at radius 1 is 1.04 bits per heavy atom. The topological polar surface area (TPSA) is 201 Å². The molecule has 2 atom stereocenters. The lowest BCUT2D eigenvalue weighted by molar-refractivity contribution is -0.145. The molecule has 8 N–H and O–H groups in total. The molecule has 140 valence electrons. The smallest absolute Gasteiger partial charge is 0.332 e. The molecule has 0 bridgehead atoms. The second kappa shape index (κ2) is 13.3. The Hall–Kier alpha value is -2.20. The van der Waals surface area contributed by atoms with Crippen molar-refractivity contribution in [3.63, 3.8) is 0 Å². The van der Waals surface area contributed by atoms with Gasteiger partial charge in [-0.2, -0.15) is 0 Å². The molecule has 0 aromatic heterocycles. The molecular formula is C14H26N2O8. The van der Waals surface area contributed by atoms with E-state index in [4.69, 9.17) is 31.9 Å². The average molecular weight is 350 g/mol. The first kappa shape index (κ1) is 24.1. The molecular weight excluding hydrogens is 324 g/mol. The molecule has 0 aromatic rings. The van der Waals surface area contributed by atoms with Crippen molar-refractivity contribution >= 4 is 23.8 Å². The van der Waals surface area contributed by atoms with Gasteiger partial charge in [-0.05, 0) is 26.2 Å². The van der Waals surface area contributed by atoms with Gasteiger partial charge in [0.25, 0.3) is 0 Å². The number of aliphatic hydroxyl groups is 1. The van der Waals surface area contributed by atoms with E-state index in [0.717, 1.165) is 25.7 Å². The first-order valence-electron chi connectivity index (χ1n) is 7.39. The predicted octanol–water partition coefficient (Wildman–Crippen LogP) is -0.623. The summed E-state index contributed by atoms with van der Waals surface area (Å²) in [5.74, 6) is -3.45. The number of primary amides is 1. The van der Waals surface area contributed by atoms with Gasteiger partial charge in [-0.1, -0.05) is 12.8 Å². The zero-order valence-electron chi connectivity index (χ0n) is 13.6. The highest BCUT2D eigenvalue weighted by atomic mass is 16.4. The van der Waals surface area contributed by atoms with Crippen molar-refractivity contribution in [2.24, 2.45) is 17.4 Å². The number of nitrogens with two attached hydrogens (primary N) is 2. The number of hydrogen-bond donors (Lipinski definition) is 6. The molecule has 1 aliphatic carbocycles. The Balaban J connectivity index is 0. The molecule has 1 fully saturated rings. The molecule has 10 heteroatoms. The first-order chi connectivity index (χ1) is 11.0. The van der Waals surface area contributed by atoms with E-state index in [9.17, 15) is 19.2 Å². The Morgan fingerprint density at radius 2 is 1.46 bits per heavy atom. The first-order valence-corrected chi connectivity index (χ1v) is 7.39. The van der Waals surface area contributed by atoms with Gasteiger partial charge in [0, 0.05) is 6.42 Å². The van der Waals surface area contributed by atoms with Gasteiger partial charge in [-0.25, -0.2) is 4.79 Å². The van der Waals surface area contributed by atoms with Crippen molar-refractivity contribution in [2.45, 2.75) is 57.6 Å². The van der Waals surface area contributed by atoms with E-state index >= 15 is 0 Å². The second-order valence-corrected chi connectivity index (χ2v) is 5.28. The van der Waals surface area contributed by atoms with Crippen LogP contribution in [0.1, 0.15) is 45.4 Å². The standard InChI is InChI=1S/C6H10O2.C5H10N2O3.C3H6O3/c7-6(8)5-3-1-2-4-5;6-3(5(9)10)1-2-4(7)8;1-2(4)3(5)6/h5H,1-4H2,(H,7,8);3H,1-2,6H2,(H2,7,8)(H,9,10);2,4H,1H3,(H,5,6)/t;3-;/m.0./s1. The van der Waals surface area contributed by atoms with Crippen molar-refractivity contribution in [1.29, 1.82) is 0 Å². The average Bonchev–Trinajstić information content (AvgIpc) is 3.00. The number of amides is 1. The molecule has 0 aromatic carbocycles. The largest absolute Gasteiger partial charge is 0.481 e. The van der Waals surface area contributed by atoms with E-state index in [1.54, 1.807) is 0 Å². The second-order valence-electron chi connectivity index (χ2n) is 5.28. The Labute approximate surface area is 139 Å². The maximum absolute atomic E-state index is 10.2. The number of carbonyl (C=O) groups excluding carboxylic acids is 1. The van der Waals surface area contributed by atoms with E-state index in [1.165, 1.54) is 6.92 Å². The fourth-order valence-electron chi connectivity index (χ4n) is 1.59. The van der Waals surface area contributed by atoms with Crippen LogP contribution in [0.4, 0.5) is 0 Å². The normalized spacial score (nSPS) is 15.8. The number of aliphatic hydroxyl groups excluding tert-OH is 1. The number of rotatable bonds is 6. The summed E-state index contributed by atoms with van der Waals surface area (Å²) in [6, 6.07) is -0.979. The van der Waals surface area contributed by atoms with Crippen molar-refractivity contribution in [3.8, 4) is 0 Å². The monoisotopic (exact) mass is 350 g/mol. The zero-order valence-corrected chi connectivity index (χ0v) is 13.6. The summed E-state index contributed by atoms with van der Waals surface area (Å²) in [5, 5.41) is 32.4. The van der Waals surface area contributed by atoms with Crippen LogP contribution in [0.3, 0.4) is 0 Å². The van der Waals surface area contributed by atoms with Crippen LogP contribution in [-0.4, -0.2) is 56.4 Å². The molecule has 10 nitrogen and oxygen atoms in total. The zero-order chi connectivity index (χ0) is 19.3. The van der Waals surface area contributed by atoms with Gasteiger partial charge in [0.2, 0.25) is 5.91 Å². The summed E-state index contributed by atoms with van der Waals surface area (Å²) >= 11 is 0. The van der Waals surface area contributed by atoms with Gasteiger partial charge < -0.3 is 31.9 Å². The molecule has 0 spiro atoms. The molecule has 1 unspecified atom stereocenters. The fourth-order valence-corrected chi connectivity index (χ4v) is 1.59. The maximum atomic E-state index is 10.2. The SMILES string of the molecule is CC(O)C(=O)O.NC(=O)CC[C@H](N)C(=O)O.O=C(O)C1CCCC1. The third-order valence-electron chi connectivity index (χ3n) is 3.08. The van der Waals surface area contributed by atoms with Crippen LogP contribution in [0.25, 0.3) is 0 Å². The molecule has 0 saturated heterocycles. The number of carboxylic acids is 3. The number of aliphatic carboxylic acids is 3. The van der Waals surface area contributed by atoms with Crippen LogP contribution in [0.2, 0.25) is 0 Å². The van der Waals surface area contributed by atoms with Crippen LogP contribution in [0.5, 0.6) is 0 Å². The molecule has 0 heterocycles. The Bertz CT molecular complexity index is 419. The Morgan fingerprint density at radius 3 is 1.67 bits per heavy atom. The highest BCUT2D eigenvalue weighted by molar-refractivity contribution is 5.77. The fraction of sp³-hybridized carbons (Fsp3) is 0.714. The van der Waals surface area contributed by atoms with Crippen molar-refractivity contribution in [3.05, 3.63) is 0 Å². The van der Waals surface area contributed by atoms with Crippen LogP contribution in [-0.2, 0) is 19.2 Å². The summed E-state index contributed by atoms with van der Waals surface area (Å²) in [4.78, 5) is 39.8. The van der Waals surface area contributed by atoms with Gasteiger partial charge in [0.05, 0.1) is 5.92 Å². The maximum Gasteiger partial charge on any atom is 0.332 e. The van der Waals surface area contributed by atoms with Gasteiger partial charge >= 0.3 is 17.9 Å². The lowest BCUT2D eigenvalue weighted by Crippen LogP contribution is -2.31. The summed E-state index contributed by atoms with van der Waals surface area (Å²) in [5.41, 5.74) is 9.81. The number of carboxylic acid groups (broad SMARTS) is 3. The third kappa shape index (κ3) is 14.7. The molecule has 1 aliphatic rings. The number of hydrogen-bond acceptors (Lipinski definition) is 6. The summed E-state index contributed by atoms with van der Waals surface area (Å²) in [6.07, 6.45) is 2.90. The summed E-state index contributed by atoms with van der Waals surface area (Å²) in [7, 11) is 0. The minimum atomic E-state index is -1.23. The van der Waals surface area contributed by atoms with Crippen molar-refractivity contribution < 1.29 is 39.6 Å². The van der Waals surface area contributed by atoms with E-state index < -0.39 is 36.0 Å². The van der Waals surface area contributed by atoms with Crippen LogP contribution >= 0.6 is 0 Å². The van der Waals surface area contributed by atoms with Crippen molar-refractivity contribution in [2.75, 3.05) is 0 Å². The predicted molar refractivity (Wildman–Crippen MR) is 83.0 cm³/mol. The van der Waals surface area contributed by atoms with E-state index in [0.29, 0.717) is 0 Å².